The molecule has 0 unspecified atom stereocenters. The summed E-state index contributed by atoms with van der Waals surface area (Å²) in [5.74, 6) is 1.33. The van der Waals surface area contributed by atoms with Gasteiger partial charge in [-0.1, -0.05) is 5.16 Å². The Bertz CT molecular complexity index is 649. The quantitative estimate of drug-likeness (QED) is 0.866. The van der Waals surface area contributed by atoms with Crippen LogP contribution in [0.2, 0.25) is 0 Å². The van der Waals surface area contributed by atoms with Gasteiger partial charge in [-0.3, -0.25) is 4.79 Å². The van der Waals surface area contributed by atoms with E-state index < -0.39 is 0 Å². The second kappa shape index (κ2) is 6.89. The van der Waals surface area contributed by atoms with Crippen molar-refractivity contribution in [1.82, 2.24) is 20.0 Å². The van der Waals surface area contributed by atoms with Crippen LogP contribution < -0.4 is 0 Å². The van der Waals surface area contributed by atoms with Crippen LogP contribution in [0.3, 0.4) is 0 Å². The number of hydrogen-bond donors (Lipinski definition) is 0. The van der Waals surface area contributed by atoms with Crippen LogP contribution in [-0.2, 0) is 11.2 Å². The molecule has 1 aliphatic heterocycles. The van der Waals surface area contributed by atoms with Gasteiger partial charge in [0.1, 0.15) is 12.1 Å². The Hall–Kier alpha value is -2.24. The first-order valence-corrected chi connectivity index (χ1v) is 8.10. The number of piperidine rings is 1. The molecule has 0 aromatic carbocycles. The predicted octanol–water partition coefficient (Wildman–Crippen LogP) is 2.42. The first-order valence-electron chi connectivity index (χ1n) is 8.10. The smallest absolute Gasteiger partial charge is 0.222 e. The minimum absolute atomic E-state index is 0.198. The molecule has 0 saturated carbocycles. The van der Waals surface area contributed by atoms with E-state index in [0.717, 1.165) is 48.6 Å². The number of rotatable bonds is 4. The summed E-state index contributed by atoms with van der Waals surface area (Å²) in [5, 5.41) is 3.94. The van der Waals surface area contributed by atoms with Crippen LogP contribution in [0, 0.1) is 13.8 Å². The molecule has 1 saturated heterocycles. The predicted molar refractivity (Wildman–Crippen MR) is 84.9 cm³/mol. The maximum absolute atomic E-state index is 12.5. The minimum Gasteiger partial charge on any atom is -0.361 e. The van der Waals surface area contributed by atoms with E-state index in [4.69, 9.17) is 4.52 Å². The van der Waals surface area contributed by atoms with Gasteiger partial charge in [0.05, 0.1) is 5.69 Å². The molecule has 3 heterocycles. The normalized spacial score (nSPS) is 18.2. The molecule has 2 aromatic rings. The van der Waals surface area contributed by atoms with Gasteiger partial charge in [0, 0.05) is 42.9 Å². The number of aryl methyl sites for hydroxylation is 2. The van der Waals surface area contributed by atoms with Gasteiger partial charge in [-0.15, -0.1) is 0 Å². The summed E-state index contributed by atoms with van der Waals surface area (Å²) in [4.78, 5) is 22.8. The fourth-order valence-electron chi connectivity index (χ4n) is 3.24. The third-order valence-electron chi connectivity index (χ3n) is 4.57. The average Bonchev–Trinajstić information content (AvgIpc) is 2.92. The van der Waals surface area contributed by atoms with Crippen molar-refractivity contribution in [3.05, 3.63) is 41.3 Å². The van der Waals surface area contributed by atoms with Crippen molar-refractivity contribution in [2.45, 2.75) is 45.4 Å². The highest BCUT2D eigenvalue weighted by molar-refractivity contribution is 5.76. The number of carbonyl (C=O) groups excluding carboxylic acids is 1. The molecule has 1 aliphatic rings. The number of amides is 1. The Balaban J connectivity index is 1.59. The molecule has 2 aromatic heterocycles. The lowest BCUT2D eigenvalue weighted by molar-refractivity contribution is -0.132. The van der Waals surface area contributed by atoms with Crippen LogP contribution in [0.4, 0.5) is 0 Å². The molecule has 0 radical (unpaired) electrons. The molecule has 0 aliphatic carbocycles. The van der Waals surface area contributed by atoms with Crippen molar-refractivity contribution in [3.63, 3.8) is 0 Å². The molecule has 1 atom stereocenters. The zero-order chi connectivity index (χ0) is 16.2. The second-order valence-corrected chi connectivity index (χ2v) is 6.12. The summed E-state index contributed by atoms with van der Waals surface area (Å²) >= 11 is 0. The lowest BCUT2D eigenvalue weighted by Crippen LogP contribution is -2.39. The van der Waals surface area contributed by atoms with Crippen LogP contribution >= 0.6 is 0 Å². The third-order valence-corrected chi connectivity index (χ3v) is 4.57. The zero-order valence-electron chi connectivity index (χ0n) is 13.7. The van der Waals surface area contributed by atoms with Gasteiger partial charge in [-0.2, -0.15) is 0 Å². The van der Waals surface area contributed by atoms with Gasteiger partial charge in [0.15, 0.2) is 0 Å². The van der Waals surface area contributed by atoms with E-state index in [2.05, 4.69) is 15.1 Å². The highest BCUT2D eigenvalue weighted by Gasteiger charge is 2.25. The maximum Gasteiger partial charge on any atom is 0.222 e. The zero-order valence-corrected chi connectivity index (χ0v) is 13.7. The minimum atomic E-state index is 0.198. The van der Waals surface area contributed by atoms with E-state index in [1.165, 1.54) is 0 Å². The SMILES string of the molecule is Cc1noc(C)c1CCC(=O)N1CCC[C@H](c2ccncn2)C1. The topological polar surface area (TPSA) is 72.1 Å². The summed E-state index contributed by atoms with van der Waals surface area (Å²) in [6.45, 7) is 5.40. The van der Waals surface area contributed by atoms with Crippen LogP contribution in [0.15, 0.2) is 23.1 Å². The molecule has 6 nitrogen and oxygen atoms in total. The first-order chi connectivity index (χ1) is 11.1. The van der Waals surface area contributed by atoms with Crippen LogP contribution in [0.5, 0.6) is 0 Å². The van der Waals surface area contributed by atoms with Gasteiger partial charge in [0.2, 0.25) is 5.91 Å². The molecule has 6 heteroatoms. The van der Waals surface area contributed by atoms with Gasteiger partial charge in [-0.25, -0.2) is 9.97 Å². The van der Waals surface area contributed by atoms with Crippen molar-refractivity contribution in [2.75, 3.05) is 13.1 Å². The third kappa shape index (κ3) is 3.57. The fourth-order valence-corrected chi connectivity index (χ4v) is 3.24. The van der Waals surface area contributed by atoms with Gasteiger partial charge in [-0.05, 0) is 39.2 Å². The largest absolute Gasteiger partial charge is 0.361 e. The van der Waals surface area contributed by atoms with Gasteiger partial charge in [0.25, 0.3) is 0 Å². The molecular formula is C17H22N4O2. The Morgan fingerprint density at radius 3 is 3.00 bits per heavy atom. The van der Waals surface area contributed by atoms with Crippen molar-refractivity contribution in [3.8, 4) is 0 Å². The van der Waals surface area contributed by atoms with E-state index in [0.29, 0.717) is 18.8 Å². The van der Waals surface area contributed by atoms with Crippen molar-refractivity contribution in [1.29, 1.82) is 0 Å². The Labute approximate surface area is 135 Å². The number of aromatic nitrogens is 3. The van der Waals surface area contributed by atoms with Crippen molar-refractivity contribution < 1.29 is 9.32 Å². The Morgan fingerprint density at radius 2 is 2.30 bits per heavy atom. The van der Waals surface area contributed by atoms with Crippen LogP contribution in [-0.4, -0.2) is 39.0 Å². The lowest BCUT2D eigenvalue weighted by atomic mass is 9.94. The maximum atomic E-state index is 12.5. The van der Waals surface area contributed by atoms with E-state index in [1.807, 2.05) is 24.8 Å². The summed E-state index contributed by atoms with van der Waals surface area (Å²) < 4.78 is 5.16. The van der Waals surface area contributed by atoms with Gasteiger partial charge >= 0.3 is 0 Å². The van der Waals surface area contributed by atoms with Gasteiger partial charge < -0.3 is 9.42 Å². The summed E-state index contributed by atoms with van der Waals surface area (Å²) in [6, 6.07) is 1.95. The van der Waals surface area contributed by atoms with E-state index in [9.17, 15) is 4.79 Å². The van der Waals surface area contributed by atoms with E-state index in [-0.39, 0.29) is 5.91 Å². The number of nitrogens with zero attached hydrogens (tertiary/aromatic N) is 4. The molecular weight excluding hydrogens is 292 g/mol. The van der Waals surface area contributed by atoms with E-state index >= 15 is 0 Å². The molecule has 1 fully saturated rings. The Morgan fingerprint density at radius 1 is 1.43 bits per heavy atom. The molecule has 23 heavy (non-hydrogen) atoms. The molecule has 0 bridgehead atoms. The second-order valence-electron chi connectivity index (χ2n) is 6.12. The highest BCUT2D eigenvalue weighted by Crippen LogP contribution is 2.26. The van der Waals surface area contributed by atoms with Crippen molar-refractivity contribution in [2.24, 2.45) is 0 Å². The fraction of sp³-hybridized carbons (Fsp3) is 0.529. The molecule has 122 valence electrons. The van der Waals surface area contributed by atoms with Crippen LogP contribution in [0.1, 0.15) is 47.9 Å². The lowest BCUT2D eigenvalue weighted by Gasteiger charge is -2.32. The van der Waals surface area contributed by atoms with E-state index in [1.54, 1.807) is 12.5 Å². The first kappa shape index (κ1) is 15.6. The molecule has 0 spiro atoms. The summed E-state index contributed by atoms with van der Waals surface area (Å²) in [7, 11) is 0. The monoisotopic (exact) mass is 314 g/mol. The standard InChI is InChI=1S/C17H22N4O2/c1-12-15(13(2)23-20-12)5-6-17(22)21-9-3-4-14(10-21)16-7-8-18-11-19-16/h7-8,11,14H,3-6,9-10H2,1-2H3/t14-/m0/s1. The summed E-state index contributed by atoms with van der Waals surface area (Å²) in [5.41, 5.74) is 2.97. The summed E-state index contributed by atoms with van der Waals surface area (Å²) in [6.07, 6.45) is 6.62. The molecule has 1 amide bonds. The Kier molecular flexibility index (Phi) is 4.69. The average molecular weight is 314 g/mol. The van der Waals surface area contributed by atoms with Crippen LogP contribution in [0.25, 0.3) is 0 Å². The highest BCUT2D eigenvalue weighted by atomic mass is 16.5. The number of hydrogen-bond acceptors (Lipinski definition) is 5. The molecule has 3 rings (SSSR count). The molecule has 0 N–H and O–H groups in total. The number of carbonyl (C=O) groups is 1. The number of likely N-dealkylation sites (tertiary alicyclic amines) is 1. The van der Waals surface area contributed by atoms with Crippen molar-refractivity contribution >= 4 is 5.91 Å².